The van der Waals surface area contributed by atoms with E-state index in [4.69, 9.17) is 16.3 Å². The molecule has 0 bridgehead atoms. The Labute approximate surface area is 116 Å². The molecule has 1 aliphatic heterocycles. The van der Waals surface area contributed by atoms with Crippen LogP contribution in [0.1, 0.15) is 13.3 Å². The molecular weight excluding hydrogens is 268 g/mol. The lowest BCUT2D eigenvalue weighted by Gasteiger charge is -2.26. The molecule has 19 heavy (non-hydrogen) atoms. The highest BCUT2D eigenvalue weighted by atomic mass is 35.5. The van der Waals surface area contributed by atoms with E-state index < -0.39 is 5.60 Å². The summed E-state index contributed by atoms with van der Waals surface area (Å²) < 4.78 is 5.30. The fraction of sp³-hybridized carbons (Fsp3) is 0.462. The molecule has 2 amide bonds. The van der Waals surface area contributed by atoms with E-state index in [1.54, 1.807) is 31.2 Å². The van der Waals surface area contributed by atoms with Gasteiger partial charge in [0.25, 0.3) is 0 Å². The first kappa shape index (κ1) is 14.1. The molecule has 1 aliphatic rings. The smallest absolute Gasteiger partial charge is 0.319 e. The minimum absolute atomic E-state index is 0.153. The van der Waals surface area contributed by atoms with E-state index in [2.05, 4.69) is 10.6 Å². The summed E-state index contributed by atoms with van der Waals surface area (Å²) in [4.78, 5) is 11.7. The lowest BCUT2D eigenvalue weighted by atomic mass is 9.97. The molecule has 6 heteroatoms. The van der Waals surface area contributed by atoms with Gasteiger partial charge in [-0.25, -0.2) is 4.79 Å². The van der Waals surface area contributed by atoms with Gasteiger partial charge in [0, 0.05) is 23.7 Å². The molecule has 104 valence electrons. The number of carbonyl (C=O) groups excluding carboxylic acids is 1. The second kappa shape index (κ2) is 5.77. The Hall–Kier alpha value is -1.30. The second-order valence-corrected chi connectivity index (χ2v) is 5.12. The van der Waals surface area contributed by atoms with Gasteiger partial charge in [0.1, 0.15) is 5.60 Å². The number of benzene rings is 1. The standard InChI is InChI=1S/C13H17ClN2O3/c1-9-13(18,5-6-19-9)8-15-12(17)16-11-4-2-3-10(14)7-11/h2-4,7,9,18H,5-6,8H2,1H3,(H2,15,16,17). The normalized spacial score (nSPS) is 26.2. The Balaban J connectivity index is 1.85. The van der Waals surface area contributed by atoms with E-state index >= 15 is 0 Å². The van der Waals surface area contributed by atoms with E-state index in [1.807, 2.05) is 0 Å². The number of hydrogen-bond donors (Lipinski definition) is 3. The van der Waals surface area contributed by atoms with Crippen molar-refractivity contribution < 1.29 is 14.6 Å². The number of urea groups is 1. The van der Waals surface area contributed by atoms with Crippen molar-refractivity contribution in [2.24, 2.45) is 0 Å². The van der Waals surface area contributed by atoms with Crippen LogP contribution in [0.2, 0.25) is 5.02 Å². The molecule has 1 heterocycles. The van der Waals surface area contributed by atoms with Gasteiger partial charge in [-0.15, -0.1) is 0 Å². The van der Waals surface area contributed by atoms with Crippen LogP contribution >= 0.6 is 11.6 Å². The van der Waals surface area contributed by atoms with E-state index in [0.717, 1.165) is 0 Å². The maximum Gasteiger partial charge on any atom is 0.319 e. The highest BCUT2D eigenvalue weighted by Crippen LogP contribution is 2.24. The largest absolute Gasteiger partial charge is 0.385 e. The highest BCUT2D eigenvalue weighted by molar-refractivity contribution is 6.30. The monoisotopic (exact) mass is 284 g/mol. The molecule has 1 saturated heterocycles. The molecule has 3 N–H and O–H groups in total. The number of halogens is 1. The van der Waals surface area contributed by atoms with Crippen molar-refractivity contribution in [1.29, 1.82) is 0 Å². The van der Waals surface area contributed by atoms with E-state index in [-0.39, 0.29) is 18.7 Å². The third-order valence-electron chi connectivity index (χ3n) is 3.30. The van der Waals surface area contributed by atoms with Crippen LogP contribution < -0.4 is 10.6 Å². The maximum absolute atomic E-state index is 11.7. The van der Waals surface area contributed by atoms with Gasteiger partial charge < -0.3 is 20.5 Å². The number of amides is 2. The average Bonchev–Trinajstić information content (AvgIpc) is 2.68. The van der Waals surface area contributed by atoms with Gasteiger partial charge in [-0.1, -0.05) is 17.7 Å². The van der Waals surface area contributed by atoms with Crippen LogP contribution in [0.5, 0.6) is 0 Å². The summed E-state index contributed by atoms with van der Waals surface area (Å²) in [5.74, 6) is 0. The molecule has 0 spiro atoms. The maximum atomic E-state index is 11.7. The van der Waals surface area contributed by atoms with Crippen molar-refractivity contribution in [3.8, 4) is 0 Å². The molecule has 0 radical (unpaired) electrons. The van der Waals surface area contributed by atoms with Crippen LogP contribution in [0.3, 0.4) is 0 Å². The Morgan fingerprint density at radius 1 is 1.63 bits per heavy atom. The summed E-state index contributed by atoms with van der Waals surface area (Å²) in [7, 11) is 0. The minimum atomic E-state index is -0.994. The summed E-state index contributed by atoms with van der Waals surface area (Å²) >= 11 is 5.82. The zero-order valence-corrected chi connectivity index (χ0v) is 11.4. The predicted octanol–water partition coefficient (Wildman–Crippen LogP) is 2.00. The summed E-state index contributed by atoms with van der Waals surface area (Å²) in [6, 6.07) is 6.48. The third-order valence-corrected chi connectivity index (χ3v) is 3.53. The molecule has 0 aliphatic carbocycles. The number of carbonyl (C=O) groups is 1. The predicted molar refractivity (Wildman–Crippen MR) is 73.5 cm³/mol. The SMILES string of the molecule is CC1OCCC1(O)CNC(=O)Nc1cccc(Cl)c1. The van der Waals surface area contributed by atoms with Crippen molar-refractivity contribution in [1.82, 2.24) is 5.32 Å². The Morgan fingerprint density at radius 2 is 2.42 bits per heavy atom. The average molecular weight is 285 g/mol. The lowest BCUT2D eigenvalue weighted by Crippen LogP contribution is -2.48. The summed E-state index contributed by atoms with van der Waals surface area (Å²) in [5.41, 5.74) is -0.390. The number of anilines is 1. The Bertz CT molecular complexity index is 469. The summed E-state index contributed by atoms with van der Waals surface area (Å²) in [5, 5.41) is 16.1. The number of hydrogen-bond acceptors (Lipinski definition) is 3. The molecule has 1 fully saturated rings. The molecule has 0 saturated carbocycles. The molecule has 2 atom stereocenters. The second-order valence-electron chi connectivity index (χ2n) is 4.68. The van der Waals surface area contributed by atoms with Gasteiger partial charge in [0.2, 0.25) is 0 Å². The van der Waals surface area contributed by atoms with Crippen LogP contribution in [-0.4, -0.2) is 36.0 Å². The van der Waals surface area contributed by atoms with Gasteiger partial charge >= 0.3 is 6.03 Å². The molecule has 1 aromatic carbocycles. The molecule has 0 aromatic heterocycles. The van der Waals surface area contributed by atoms with Gasteiger partial charge in [0.05, 0.1) is 12.6 Å². The van der Waals surface area contributed by atoms with Crippen LogP contribution in [0.4, 0.5) is 10.5 Å². The molecule has 2 rings (SSSR count). The number of ether oxygens (including phenoxy) is 1. The van der Waals surface area contributed by atoms with Gasteiger partial charge in [-0.05, 0) is 25.1 Å². The molecule has 2 unspecified atom stereocenters. The summed E-state index contributed by atoms with van der Waals surface area (Å²) in [6.45, 7) is 2.46. The first-order chi connectivity index (χ1) is 8.99. The van der Waals surface area contributed by atoms with E-state index in [9.17, 15) is 9.90 Å². The quantitative estimate of drug-likeness (QED) is 0.795. The van der Waals surface area contributed by atoms with Crippen molar-refractivity contribution in [3.63, 3.8) is 0 Å². The first-order valence-electron chi connectivity index (χ1n) is 6.14. The number of aliphatic hydroxyl groups is 1. The van der Waals surface area contributed by atoms with Crippen molar-refractivity contribution >= 4 is 23.3 Å². The van der Waals surface area contributed by atoms with Crippen LogP contribution in [0.15, 0.2) is 24.3 Å². The minimum Gasteiger partial charge on any atom is -0.385 e. The van der Waals surface area contributed by atoms with Crippen LogP contribution in [0.25, 0.3) is 0 Å². The van der Waals surface area contributed by atoms with E-state index in [1.165, 1.54) is 0 Å². The highest BCUT2D eigenvalue weighted by Gasteiger charge is 2.39. The zero-order valence-electron chi connectivity index (χ0n) is 10.6. The van der Waals surface area contributed by atoms with Crippen molar-refractivity contribution in [2.75, 3.05) is 18.5 Å². The van der Waals surface area contributed by atoms with Crippen molar-refractivity contribution in [3.05, 3.63) is 29.3 Å². The summed E-state index contributed by atoms with van der Waals surface area (Å²) in [6.07, 6.45) is 0.241. The third kappa shape index (κ3) is 3.59. The number of nitrogens with one attached hydrogen (secondary N) is 2. The first-order valence-corrected chi connectivity index (χ1v) is 6.52. The van der Waals surface area contributed by atoms with Crippen LogP contribution in [0, 0.1) is 0 Å². The fourth-order valence-corrected chi connectivity index (χ4v) is 2.17. The molecule has 1 aromatic rings. The molecular formula is C13H17ClN2O3. The van der Waals surface area contributed by atoms with E-state index in [0.29, 0.717) is 23.7 Å². The Morgan fingerprint density at radius 3 is 3.05 bits per heavy atom. The lowest BCUT2D eigenvalue weighted by molar-refractivity contribution is -0.0241. The van der Waals surface area contributed by atoms with Crippen LogP contribution in [-0.2, 0) is 4.74 Å². The topological polar surface area (TPSA) is 70.6 Å². The zero-order chi connectivity index (χ0) is 13.9. The number of rotatable bonds is 3. The van der Waals surface area contributed by atoms with Gasteiger partial charge in [-0.2, -0.15) is 0 Å². The van der Waals surface area contributed by atoms with Gasteiger partial charge in [0.15, 0.2) is 0 Å². The molecule has 5 nitrogen and oxygen atoms in total. The van der Waals surface area contributed by atoms with Gasteiger partial charge in [-0.3, -0.25) is 0 Å². The fourth-order valence-electron chi connectivity index (χ4n) is 1.98. The van der Waals surface area contributed by atoms with Crippen molar-refractivity contribution in [2.45, 2.75) is 25.0 Å². The Kier molecular flexibility index (Phi) is 4.29.